The van der Waals surface area contributed by atoms with E-state index in [1.807, 2.05) is 18.2 Å². The molecule has 0 fully saturated rings. The number of carbonyl (C=O) groups is 2. The molecule has 0 heterocycles. The van der Waals surface area contributed by atoms with Gasteiger partial charge in [0.15, 0.2) is 0 Å². The van der Waals surface area contributed by atoms with Gasteiger partial charge in [0.2, 0.25) is 5.91 Å². The maximum atomic E-state index is 13.9. The van der Waals surface area contributed by atoms with Crippen molar-refractivity contribution in [2.24, 2.45) is 5.92 Å². The molecule has 0 bridgehead atoms. The highest BCUT2D eigenvalue weighted by molar-refractivity contribution is 5.98. The van der Waals surface area contributed by atoms with Crippen molar-refractivity contribution in [1.29, 1.82) is 0 Å². The standard InChI is InChI=1S/C22H24F2N2O2/c1-13(2)20(26-21(27)19-16(23)10-6-11-17(19)24)22(28)25-18-12-5-8-14-7-3-4-9-15(14)18/h3-4,6-7,9-11,13,18,20H,5,8,12H2,1-2H3,(H,25,28)(H,26,27)/t18-,20-/m0/s1. The zero-order chi connectivity index (χ0) is 20.3. The summed E-state index contributed by atoms with van der Waals surface area (Å²) in [7, 11) is 0. The second-order valence-electron chi connectivity index (χ2n) is 7.44. The van der Waals surface area contributed by atoms with Gasteiger partial charge in [0.05, 0.1) is 6.04 Å². The normalized spacial score (nSPS) is 17.0. The summed E-state index contributed by atoms with van der Waals surface area (Å²) in [6.07, 6.45) is 2.74. The first-order valence-electron chi connectivity index (χ1n) is 9.51. The Morgan fingerprint density at radius 1 is 1.04 bits per heavy atom. The summed E-state index contributed by atoms with van der Waals surface area (Å²) in [4.78, 5) is 25.3. The molecule has 0 unspecified atom stereocenters. The highest BCUT2D eigenvalue weighted by atomic mass is 19.1. The van der Waals surface area contributed by atoms with E-state index in [0.717, 1.165) is 37.0 Å². The Kier molecular flexibility index (Phi) is 6.07. The van der Waals surface area contributed by atoms with E-state index in [4.69, 9.17) is 0 Å². The van der Waals surface area contributed by atoms with Crippen molar-refractivity contribution in [2.75, 3.05) is 0 Å². The molecule has 0 spiro atoms. The lowest BCUT2D eigenvalue weighted by Crippen LogP contribution is -2.51. The zero-order valence-corrected chi connectivity index (χ0v) is 16.0. The van der Waals surface area contributed by atoms with Crippen LogP contribution in [0.2, 0.25) is 0 Å². The van der Waals surface area contributed by atoms with Gasteiger partial charge in [0.25, 0.3) is 5.91 Å². The van der Waals surface area contributed by atoms with Crippen molar-refractivity contribution < 1.29 is 18.4 Å². The maximum absolute atomic E-state index is 13.9. The molecule has 0 aliphatic heterocycles. The van der Waals surface area contributed by atoms with E-state index < -0.39 is 29.1 Å². The molecule has 0 radical (unpaired) electrons. The van der Waals surface area contributed by atoms with E-state index in [9.17, 15) is 18.4 Å². The number of halogens is 2. The molecule has 1 aliphatic carbocycles. The fourth-order valence-corrected chi connectivity index (χ4v) is 3.63. The van der Waals surface area contributed by atoms with Crippen molar-refractivity contribution in [3.8, 4) is 0 Å². The van der Waals surface area contributed by atoms with Crippen molar-refractivity contribution in [2.45, 2.75) is 45.2 Å². The summed E-state index contributed by atoms with van der Waals surface area (Å²) in [5.41, 5.74) is 1.61. The van der Waals surface area contributed by atoms with Crippen LogP contribution < -0.4 is 10.6 Å². The average molecular weight is 386 g/mol. The minimum atomic E-state index is -0.957. The number of aryl methyl sites for hydroxylation is 1. The molecule has 0 aromatic heterocycles. The SMILES string of the molecule is CC(C)[C@H](NC(=O)c1c(F)cccc1F)C(=O)N[C@H]1CCCc2ccccc21. The van der Waals surface area contributed by atoms with Crippen LogP contribution >= 0.6 is 0 Å². The van der Waals surface area contributed by atoms with Crippen molar-refractivity contribution in [3.63, 3.8) is 0 Å². The molecule has 2 atom stereocenters. The van der Waals surface area contributed by atoms with Gasteiger partial charge in [-0.05, 0) is 48.4 Å². The van der Waals surface area contributed by atoms with Gasteiger partial charge >= 0.3 is 0 Å². The van der Waals surface area contributed by atoms with E-state index in [1.165, 1.54) is 11.6 Å². The van der Waals surface area contributed by atoms with Gasteiger partial charge in [-0.1, -0.05) is 44.2 Å². The van der Waals surface area contributed by atoms with E-state index in [0.29, 0.717) is 0 Å². The largest absolute Gasteiger partial charge is 0.347 e. The zero-order valence-electron chi connectivity index (χ0n) is 16.0. The van der Waals surface area contributed by atoms with Crippen molar-refractivity contribution in [3.05, 3.63) is 70.8 Å². The lowest BCUT2D eigenvalue weighted by Gasteiger charge is -2.29. The molecule has 6 heteroatoms. The summed E-state index contributed by atoms with van der Waals surface area (Å²) in [6.45, 7) is 3.55. The maximum Gasteiger partial charge on any atom is 0.257 e. The second-order valence-corrected chi connectivity index (χ2v) is 7.44. The van der Waals surface area contributed by atoms with Crippen molar-refractivity contribution in [1.82, 2.24) is 10.6 Å². The van der Waals surface area contributed by atoms with Crippen LogP contribution in [0, 0.1) is 17.6 Å². The fourth-order valence-electron chi connectivity index (χ4n) is 3.63. The van der Waals surface area contributed by atoms with Crippen LogP contribution in [0.4, 0.5) is 8.78 Å². The number of amides is 2. The molecule has 148 valence electrons. The van der Waals surface area contributed by atoms with Crippen LogP contribution in [0.15, 0.2) is 42.5 Å². The predicted octanol–water partition coefficient (Wildman–Crippen LogP) is 3.91. The Hall–Kier alpha value is -2.76. The number of nitrogens with one attached hydrogen (secondary N) is 2. The van der Waals surface area contributed by atoms with Gasteiger partial charge in [-0.25, -0.2) is 8.78 Å². The highest BCUT2D eigenvalue weighted by Gasteiger charge is 2.30. The third kappa shape index (κ3) is 4.21. The van der Waals surface area contributed by atoms with Gasteiger partial charge in [-0.15, -0.1) is 0 Å². The quantitative estimate of drug-likeness (QED) is 0.819. The minimum absolute atomic E-state index is 0.138. The Labute approximate surface area is 163 Å². The Balaban J connectivity index is 1.76. The predicted molar refractivity (Wildman–Crippen MR) is 103 cm³/mol. The van der Waals surface area contributed by atoms with Gasteiger partial charge in [0, 0.05) is 0 Å². The van der Waals surface area contributed by atoms with E-state index >= 15 is 0 Å². The van der Waals surface area contributed by atoms with Crippen LogP contribution in [0.3, 0.4) is 0 Å². The van der Waals surface area contributed by atoms with Crippen LogP contribution in [0.1, 0.15) is 54.2 Å². The van der Waals surface area contributed by atoms with Gasteiger partial charge in [-0.3, -0.25) is 9.59 Å². The molecule has 2 aromatic carbocycles. The summed E-state index contributed by atoms with van der Waals surface area (Å²) in [6, 6.07) is 10.1. The molecule has 28 heavy (non-hydrogen) atoms. The van der Waals surface area contributed by atoms with E-state index in [2.05, 4.69) is 16.7 Å². The minimum Gasteiger partial charge on any atom is -0.347 e. The molecule has 2 amide bonds. The topological polar surface area (TPSA) is 58.2 Å². The molecule has 2 aromatic rings. The fraction of sp³-hybridized carbons (Fsp3) is 0.364. The summed E-state index contributed by atoms with van der Waals surface area (Å²) in [5.74, 6) is -3.46. The first-order valence-corrected chi connectivity index (χ1v) is 9.51. The molecule has 3 rings (SSSR count). The van der Waals surface area contributed by atoms with Crippen LogP contribution in [-0.4, -0.2) is 17.9 Å². The third-order valence-electron chi connectivity index (χ3n) is 5.11. The molecule has 0 saturated heterocycles. The van der Waals surface area contributed by atoms with Crippen molar-refractivity contribution >= 4 is 11.8 Å². The Morgan fingerprint density at radius 2 is 1.71 bits per heavy atom. The van der Waals surface area contributed by atoms with Crippen LogP contribution in [0.5, 0.6) is 0 Å². The smallest absolute Gasteiger partial charge is 0.257 e. The second kappa shape index (κ2) is 8.50. The Bertz CT molecular complexity index is 862. The molecule has 1 aliphatic rings. The van der Waals surface area contributed by atoms with Crippen LogP contribution in [-0.2, 0) is 11.2 Å². The lowest BCUT2D eigenvalue weighted by molar-refractivity contribution is -0.124. The highest BCUT2D eigenvalue weighted by Crippen LogP contribution is 2.29. The summed E-state index contributed by atoms with van der Waals surface area (Å²) >= 11 is 0. The average Bonchev–Trinajstić information content (AvgIpc) is 2.66. The first-order chi connectivity index (χ1) is 13.4. The van der Waals surface area contributed by atoms with Gasteiger partial charge in [-0.2, -0.15) is 0 Å². The molecule has 4 nitrogen and oxygen atoms in total. The van der Waals surface area contributed by atoms with Crippen LogP contribution in [0.25, 0.3) is 0 Å². The monoisotopic (exact) mass is 386 g/mol. The number of hydrogen-bond donors (Lipinski definition) is 2. The molecular weight excluding hydrogens is 362 g/mol. The Morgan fingerprint density at radius 3 is 2.39 bits per heavy atom. The molecule has 2 N–H and O–H groups in total. The van der Waals surface area contributed by atoms with Gasteiger partial charge < -0.3 is 10.6 Å². The number of rotatable bonds is 5. The molecule has 0 saturated carbocycles. The summed E-state index contributed by atoms with van der Waals surface area (Å²) < 4.78 is 27.8. The number of hydrogen-bond acceptors (Lipinski definition) is 2. The number of benzene rings is 2. The number of carbonyl (C=O) groups excluding carboxylic acids is 2. The molecular formula is C22H24F2N2O2. The summed E-state index contributed by atoms with van der Waals surface area (Å²) in [5, 5.41) is 5.50. The van der Waals surface area contributed by atoms with Gasteiger partial charge in [0.1, 0.15) is 23.2 Å². The first kappa shape index (κ1) is 20.0. The van der Waals surface area contributed by atoms with E-state index in [-0.39, 0.29) is 17.9 Å². The third-order valence-corrected chi connectivity index (χ3v) is 5.11. The lowest BCUT2D eigenvalue weighted by atomic mass is 9.87. The number of fused-ring (bicyclic) bond motifs is 1. The van der Waals surface area contributed by atoms with E-state index in [1.54, 1.807) is 13.8 Å².